The van der Waals surface area contributed by atoms with Gasteiger partial charge >= 0.3 is 0 Å². The van der Waals surface area contributed by atoms with E-state index in [0.717, 1.165) is 32.1 Å². The fourth-order valence-corrected chi connectivity index (χ4v) is 2.62. The monoisotopic (exact) mass is 276 g/mol. The van der Waals surface area contributed by atoms with Crippen LogP contribution in [0.3, 0.4) is 0 Å². The van der Waals surface area contributed by atoms with E-state index in [1.54, 1.807) is 0 Å². The molecule has 0 heterocycles. The summed E-state index contributed by atoms with van der Waals surface area (Å²) in [4.78, 5) is 11.5. The van der Waals surface area contributed by atoms with E-state index in [-0.39, 0.29) is 12.3 Å². The third-order valence-electron chi connectivity index (χ3n) is 3.01. The van der Waals surface area contributed by atoms with Crippen LogP contribution in [-0.4, -0.2) is 44.0 Å². The van der Waals surface area contributed by atoms with Gasteiger partial charge in [-0.3, -0.25) is 4.79 Å². The van der Waals surface area contributed by atoms with Crippen molar-refractivity contribution in [2.75, 3.05) is 19.3 Å². The molecule has 0 bridgehead atoms. The van der Waals surface area contributed by atoms with Crippen LogP contribution in [-0.2, 0) is 14.8 Å². The minimum Gasteiger partial charge on any atom is -0.353 e. The van der Waals surface area contributed by atoms with Crippen molar-refractivity contribution in [1.82, 2.24) is 9.62 Å². The molecule has 0 aromatic rings. The Labute approximate surface area is 110 Å². The molecule has 0 spiro atoms. The predicted molar refractivity (Wildman–Crippen MR) is 71.7 cm³/mol. The number of nitrogens with zero attached hydrogens (tertiary/aromatic N) is 1. The Hall–Kier alpha value is -0.620. The van der Waals surface area contributed by atoms with E-state index in [2.05, 4.69) is 12.2 Å². The van der Waals surface area contributed by atoms with Crippen LogP contribution in [0.5, 0.6) is 0 Å². The quantitative estimate of drug-likeness (QED) is 0.641. The molecule has 0 aliphatic heterocycles. The van der Waals surface area contributed by atoms with Crippen LogP contribution >= 0.6 is 0 Å². The second kappa shape index (κ2) is 7.09. The largest absolute Gasteiger partial charge is 0.353 e. The number of hydrogen-bond donors (Lipinski definition) is 1. The fraction of sp³-hybridized carbons (Fsp3) is 0.917. The van der Waals surface area contributed by atoms with Crippen molar-refractivity contribution in [2.24, 2.45) is 0 Å². The lowest BCUT2D eigenvalue weighted by Gasteiger charge is -2.19. The van der Waals surface area contributed by atoms with Gasteiger partial charge < -0.3 is 5.32 Å². The average Bonchev–Trinajstić information content (AvgIpc) is 3.05. The van der Waals surface area contributed by atoms with Crippen molar-refractivity contribution in [2.45, 2.75) is 51.5 Å². The highest BCUT2D eigenvalue weighted by Gasteiger charge is 2.24. The molecule has 6 heteroatoms. The molecule has 106 valence electrons. The van der Waals surface area contributed by atoms with Crippen LogP contribution in [0.1, 0.15) is 45.4 Å². The number of carbonyl (C=O) groups is 1. The number of rotatable bonds is 9. The molecule has 0 aromatic carbocycles. The number of unbranched alkanes of at least 4 members (excludes halogenated alkanes) is 2. The van der Waals surface area contributed by atoms with Crippen molar-refractivity contribution < 1.29 is 13.2 Å². The molecule has 18 heavy (non-hydrogen) atoms. The maximum absolute atomic E-state index is 11.6. The Kier molecular flexibility index (Phi) is 6.08. The van der Waals surface area contributed by atoms with Gasteiger partial charge in [0.05, 0.1) is 6.26 Å². The van der Waals surface area contributed by atoms with Crippen molar-refractivity contribution in [3.05, 3.63) is 0 Å². The first-order valence-electron chi connectivity index (χ1n) is 6.68. The maximum Gasteiger partial charge on any atom is 0.221 e. The van der Waals surface area contributed by atoms with Gasteiger partial charge in [0.2, 0.25) is 15.9 Å². The van der Waals surface area contributed by atoms with Crippen molar-refractivity contribution in [3.8, 4) is 0 Å². The summed E-state index contributed by atoms with van der Waals surface area (Å²) in [5, 5.41) is 2.87. The zero-order chi connectivity index (χ0) is 13.6. The average molecular weight is 276 g/mol. The molecule has 5 nitrogen and oxygen atoms in total. The maximum atomic E-state index is 11.6. The topological polar surface area (TPSA) is 66.5 Å². The molecule has 0 saturated heterocycles. The second-order valence-electron chi connectivity index (χ2n) is 4.96. The van der Waals surface area contributed by atoms with Gasteiger partial charge in [0, 0.05) is 25.6 Å². The zero-order valence-corrected chi connectivity index (χ0v) is 12.1. The highest BCUT2D eigenvalue weighted by atomic mass is 32.2. The minimum atomic E-state index is -3.20. The van der Waals surface area contributed by atoms with E-state index in [1.807, 2.05) is 0 Å². The van der Waals surface area contributed by atoms with Crippen molar-refractivity contribution in [3.63, 3.8) is 0 Å². The molecule has 0 aromatic heterocycles. The standard InChI is InChI=1S/C12H24N2O3S/c1-3-4-5-9-14(18(2,16)17)10-8-12(15)13-11-6-7-11/h11H,3-10H2,1-2H3,(H,13,15). The summed E-state index contributed by atoms with van der Waals surface area (Å²) in [7, 11) is -3.20. The normalized spacial score (nSPS) is 15.9. The van der Waals surface area contributed by atoms with Gasteiger partial charge in [-0.25, -0.2) is 12.7 Å². The van der Waals surface area contributed by atoms with E-state index in [0.29, 0.717) is 19.1 Å². The third kappa shape index (κ3) is 6.35. The summed E-state index contributed by atoms with van der Waals surface area (Å²) in [6.07, 6.45) is 6.50. The van der Waals surface area contributed by atoms with Crippen LogP contribution in [0.15, 0.2) is 0 Å². The van der Waals surface area contributed by atoms with Gasteiger partial charge in [-0.15, -0.1) is 0 Å². The summed E-state index contributed by atoms with van der Waals surface area (Å²) < 4.78 is 24.5. The smallest absolute Gasteiger partial charge is 0.221 e. The zero-order valence-electron chi connectivity index (χ0n) is 11.3. The van der Waals surface area contributed by atoms with Crippen molar-refractivity contribution in [1.29, 1.82) is 0 Å². The number of sulfonamides is 1. The van der Waals surface area contributed by atoms with E-state index < -0.39 is 10.0 Å². The van der Waals surface area contributed by atoms with E-state index >= 15 is 0 Å². The molecule has 1 N–H and O–H groups in total. The first-order chi connectivity index (χ1) is 8.43. The fourth-order valence-electron chi connectivity index (χ4n) is 1.74. The highest BCUT2D eigenvalue weighted by molar-refractivity contribution is 7.88. The number of nitrogens with one attached hydrogen (secondary N) is 1. The van der Waals surface area contributed by atoms with Crippen LogP contribution in [0.2, 0.25) is 0 Å². The first kappa shape index (κ1) is 15.4. The molecular weight excluding hydrogens is 252 g/mol. The molecule has 0 unspecified atom stereocenters. The molecule has 1 fully saturated rings. The molecule has 1 saturated carbocycles. The van der Waals surface area contributed by atoms with Crippen LogP contribution < -0.4 is 5.32 Å². The SMILES string of the molecule is CCCCCN(CCC(=O)NC1CC1)S(C)(=O)=O. The molecule has 1 rings (SSSR count). The highest BCUT2D eigenvalue weighted by Crippen LogP contribution is 2.18. The summed E-state index contributed by atoms with van der Waals surface area (Å²) >= 11 is 0. The van der Waals surface area contributed by atoms with Gasteiger partial charge in [0.1, 0.15) is 0 Å². The Morgan fingerprint density at radius 1 is 1.28 bits per heavy atom. The van der Waals surface area contributed by atoms with E-state index in [1.165, 1.54) is 10.6 Å². The first-order valence-corrected chi connectivity index (χ1v) is 8.52. The number of hydrogen-bond acceptors (Lipinski definition) is 3. The summed E-state index contributed by atoms with van der Waals surface area (Å²) in [6, 6.07) is 0.337. The summed E-state index contributed by atoms with van der Waals surface area (Å²) in [5.41, 5.74) is 0. The van der Waals surface area contributed by atoms with Gasteiger partial charge in [-0.2, -0.15) is 0 Å². The molecule has 0 atom stereocenters. The molecular formula is C12H24N2O3S. The molecule has 1 amide bonds. The Balaban J connectivity index is 2.32. The minimum absolute atomic E-state index is 0.0401. The van der Waals surface area contributed by atoms with Crippen LogP contribution in [0.4, 0.5) is 0 Å². The number of carbonyl (C=O) groups excluding carboxylic acids is 1. The Morgan fingerprint density at radius 2 is 1.94 bits per heavy atom. The van der Waals surface area contributed by atoms with Gasteiger partial charge in [-0.05, 0) is 19.3 Å². The Bertz CT molecular complexity index is 364. The van der Waals surface area contributed by atoms with E-state index in [9.17, 15) is 13.2 Å². The lowest BCUT2D eigenvalue weighted by molar-refractivity contribution is -0.121. The summed E-state index contributed by atoms with van der Waals surface area (Å²) in [6.45, 7) is 2.89. The van der Waals surface area contributed by atoms with E-state index in [4.69, 9.17) is 0 Å². The molecule has 1 aliphatic rings. The molecule has 1 aliphatic carbocycles. The van der Waals surface area contributed by atoms with Crippen LogP contribution in [0, 0.1) is 0 Å². The Morgan fingerprint density at radius 3 is 2.44 bits per heavy atom. The third-order valence-corrected chi connectivity index (χ3v) is 4.31. The lowest BCUT2D eigenvalue weighted by Crippen LogP contribution is -2.35. The van der Waals surface area contributed by atoms with Crippen molar-refractivity contribution >= 4 is 15.9 Å². The number of amides is 1. The van der Waals surface area contributed by atoms with Gasteiger partial charge in [0.25, 0.3) is 0 Å². The van der Waals surface area contributed by atoms with Crippen LogP contribution in [0.25, 0.3) is 0 Å². The predicted octanol–water partition coefficient (Wildman–Crippen LogP) is 1.11. The summed E-state index contributed by atoms with van der Waals surface area (Å²) in [5.74, 6) is -0.0401. The van der Waals surface area contributed by atoms with Gasteiger partial charge in [0.15, 0.2) is 0 Å². The second-order valence-corrected chi connectivity index (χ2v) is 6.94. The van der Waals surface area contributed by atoms with Gasteiger partial charge in [-0.1, -0.05) is 19.8 Å². The molecule has 0 radical (unpaired) electrons. The lowest BCUT2D eigenvalue weighted by atomic mass is 10.2.